The van der Waals surface area contributed by atoms with Crippen LogP contribution in [0.3, 0.4) is 0 Å². The molecule has 2 heterocycles. The van der Waals surface area contributed by atoms with Crippen LogP contribution in [0.1, 0.15) is 49.9 Å². The predicted octanol–water partition coefficient (Wildman–Crippen LogP) is 4.66. The molecule has 54 heavy (non-hydrogen) atoms. The first-order valence-electron chi connectivity index (χ1n) is 17.9. The number of rotatable bonds is 16. The van der Waals surface area contributed by atoms with Crippen molar-refractivity contribution in [1.82, 2.24) is 19.8 Å². The number of hydrogen-bond donors (Lipinski definition) is 3. The Morgan fingerprint density at radius 1 is 0.593 bits per heavy atom. The predicted molar refractivity (Wildman–Crippen MR) is 202 cm³/mol. The minimum atomic E-state index is -1.77. The molecule has 4 rings (SSSR count). The number of carbonyl (C=O) groups excluding carboxylic acids is 4. The fourth-order valence-corrected chi connectivity index (χ4v) is 5.76. The lowest BCUT2D eigenvalue weighted by Crippen LogP contribution is -2.64. The number of aromatic nitrogens is 2. The lowest BCUT2D eigenvalue weighted by atomic mass is 9.89. The Balaban J connectivity index is 1.88. The first-order valence-corrected chi connectivity index (χ1v) is 17.9. The third-order valence-corrected chi connectivity index (χ3v) is 9.07. The van der Waals surface area contributed by atoms with E-state index in [2.05, 4.69) is 9.97 Å². The number of amides is 4. The van der Waals surface area contributed by atoms with E-state index in [9.17, 15) is 24.3 Å². The maximum Gasteiger partial charge on any atom is 0.417 e. The molecule has 5 N–H and O–H groups in total. The number of ether oxygens (including phenoxy) is 2. The highest BCUT2D eigenvalue weighted by atomic mass is 16.6. The monoisotopic (exact) mass is 738 g/mol. The second-order valence-electron chi connectivity index (χ2n) is 13.8. The molecular formula is C41H50N6O7. The molecule has 0 aliphatic heterocycles. The molecule has 0 radical (unpaired) electrons. The molecule has 2 aromatic carbocycles. The van der Waals surface area contributed by atoms with Gasteiger partial charge in [-0.1, -0.05) is 100 Å². The standard InChI is InChI=1S/C41H50N6O7/c1-27(2)35(42)38(49)46(40(51)53-25-31-17-11-19-44-23-31)33(21-29-13-7-5-8-14-29)37(48)34(22-30-15-9-6-10-16-30)47(39(50)36(43)28(3)4)41(52)54-26-32-18-12-20-45-24-32/h5-20,23-24,27-28,33-37,48H,21-22,25-26,42-43H2,1-4H3/t33?,34?,35-,36-,37?/m0/s1. The van der Waals surface area contributed by atoms with Crippen molar-refractivity contribution in [2.75, 3.05) is 0 Å². The molecule has 4 amide bonds. The summed E-state index contributed by atoms with van der Waals surface area (Å²) in [4.78, 5) is 66.8. The van der Waals surface area contributed by atoms with Gasteiger partial charge in [0.25, 0.3) is 0 Å². The summed E-state index contributed by atoms with van der Waals surface area (Å²) in [6.45, 7) is 6.46. The third kappa shape index (κ3) is 11.3. The van der Waals surface area contributed by atoms with Gasteiger partial charge in [0.1, 0.15) is 13.2 Å². The molecule has 0 aliphatic carbocycles. The van der Waals surface area contributed by atoms with Gasteiger partial charge in [-0.05, 0) is 47.9 Å². The molecule has 2 unspecified atom stereocenters. The van der Waals surface area contributed by atoms with Crippen LogP contribution in [0.4, 0.5) is 9.59 Å². The Morgan fingerprint density at radius 2 is 0.944 bits per heavy atom. The zero-order valence-corrected chi connectivity index (χ0v) is 31.1. The summed E-state index contributed by atoms with van der Waals surface area (Å²) in [6.07, 6.45) is 2.08. The molecule has 0 bridgehead atoms. The third-order valence-electron chi connectivity index (χ3n) is 9.07. The first kappa shape index (κ1) is 41.3. The van der Waals surface area contributed by atoms with Crippen molar-refractivity contribution in [2.24, 2.45) is 23.3 Å². The summed E-state index contributed by atoms with van der Waals surface area (Å²) < 4.78 is 11.4. The first-order chi connectivity index (χ1) is 25.9. The average molecular weight is 739 g/mol. The number of benzene rings is 2. The van der Waals surface area contributed by atoms with Crippen LogP contribution in [0, 0.1) is 11.8 Å². The molecule has 2 aromatic heterocycles. The second-order valence-corrected chi connectivity index (χ2v) is 13.8. The quantitative estimate of drug-likeness (QED) is 0.145. The summed E-state index contributed by atoms with van der Waals surface area (Å²) in [5, 5.41) is 12.7. The molecule has 13 heteroatoms. The fourth-order valence-electron chi connectivity index (χ4n) is 5.76. The van der Waals surface area contributed by atoms with Gasteiger partial charge in [0, 0.05) is 35.9 Å². The number of nitrogens with two attached hydrogens (primary N) is 2. The summed E-state index contributed by atoms with van der Waals surface area (Å²) in [5.74, 6) is -2.44. The molecule has 4 aromatic rings. The SMILES string of the molecule is CC(C)[C@H](N)C(=O)N(C(=O)OCc1cccnc1)C(Cc1ccccc1)C(O)C(Cc1ccccc1)N(C(=O)OCc1cccnc1)C(=O)[C@@H](N)C(C)C. The highest BCUT2D eigenvalue weighted by molar-refractivity contribution is 5.96. The molecule has 0 saturated carbocycles. The number of aliphatic hydroxyl groups excluding tert-OH is 1. The van der Waals surface area contributed by atoms with Crippen LogP contribution in [-0.2, 0) is 45.1 Å². The van der Waals surface area contributed by atoms with E-state index < -0.39 is 66.1 Å². The van der Waals surface area contributed by atoms with Crippen molar-refractivity contribution in [3.05, 3.63) is 132 Å². The average Bonchev–Trinajstić information content (AvgIpc) is 3.19. The van der Waals surface area contributed by atoms with Crippen LogP contribution in [0.2, 0.25) is 0 Å². The van der Waals surface area contributed by atoms with E-state index in [1.165, 1.54) is 12.4 Å². The molecule has 0 aliphatic rings. The molecule has 4 atom stereocenters. The van der Waals surface area contributed by atoms with Crippen LogP contribution >= 0.6 is 0 Å². The van der Waals surface area contributed by atoms with Crippen molar-refractivity contribution >= 4 is 24.0 Å². The lowest BCUT2D eigenvalue weighted by Gasteiger charge is -2.41. The van der Waals surface area contributed by atoms with Gasteiger partial charge in [-0.15, -0.1) is 0 Å². The highest BCUT2D eigenvalue weighted by Crippen LogP contribution is 2.26. The molecular weight excluding hydrogens is 688 g/mol. The van der Waals surface area contributed by atoms with Gasteiger partial charge in [-0.2, -0.15) is 0 Å². The molecule has 0 fully saturated rings. The molecule has 0 spiro atoms. The lowest BCUT2D eigenvalue weighted by molar-refractivity contribution is -0.141. The van der Waals surface area contributed by atoms with Gasteiger partial charge in [-0.3, -0.25) is 19.6 Å². The maximum atomic E-state index is 14.3. The topological polar surface area (TPSA) is 191 Å². The summed E-state index contributed by atoms with van der Waals surface area (Å²) in [6, 6.07) is 19.4. The van der Waals surface area contributed by atoms with E-state index >= 15 is 0 Å². The number of pyridine rings is 2. The number of imide groups is 2. The largest absolute Gasteiger partial charge is 0.444 e. The maximum absolute atomic E-state index is 14.3. The van der Waals surface area contributed by atoms with Crippen molar-refractivity contribution in [1.29, 1.82) is 0 Å². The Hall–Kier alpha value is -5.50. The zero-order chi connectivity index (χ0) is 39.2. The highest BCUT2D eigenvalue weighted by Gasteiger charge is 2.46. The van der Waals surface area contributed by atoms with E-state index in [0.717, 1.165) is 9.80 Å². The van der Waals surface area contributed by atoms with Gasteiger partial charge in [0.05, 0.1) is 30.3 Å². The van der Waals surface area contributed by atoms with Gasteiger partial charge >= 0.3 is 12.2 Å². The van der Waals surface area contributed by atoms with E-state index in [4.69, 9.17) is 20.9 Å². The Labute approximate surface area is 316 Å². The molecule has 13 nitrogen and oxygen atoms in total. The summed E-state index contributed by atoms with van der Waals surface area (Å²) in [5.41, 5.74) is 15.2. The van der Waals surface area contributed by atoms with Crippen molar-refractivity contribution in [3.8, 4) is 0 Å². The van der Waals surface area contributed by atoms with E-state index in [1.807, 2.05) is 0 Å². The van der Waals surface area contributed by atoms with Crippen LogP contribution in [-0.4, -0.2) is 79.1 Å². The second kappa shape index (κ2) is 20.1. The van der Waals surface area contributed by atoms with Crippen molar-refractivity contribution in [3.63, 3.8) is 0 Å². The smallest absolute Gasteiger partial charge is 0.417 e. The van der Waals surface area contributed by atoms with E-state index in [-0.39, 0.29) is 26.1 Å². The van der Waals surface area contributed by atoms with Gasteiger partial charge in [-0.25, -0.2) is 19.4 Å². The van der Waals surface area contributed by atoms with E-state index in [1.54, 1.807) is 125 Å². The van der Waals surface area contributed by atoms with Crippen molar-refractivity contribution < 1.29 is 33.8 Å². The summed E-state index contributed by atoms with van der Waals surface area (Å²) >= 11 is 0. The van der Waals surface area contributed by atoms with Crippen molar-refractivity contribution in [2.45, 2.75) is 84.0 Å². The van der Waals surface area contributed by atoms with Gasteiger partial charge in [0.2, 0.25) is 11.8 Å². The normalized spacial score (nSPS) is 14.0. The van der Waals surface area contributed by atoms with Gasteiger partial charge in [0.15, 0.2) is 0 Å². The van der Waals surface area contributed by atoms with Crippen LogP contribution in [0.25, 0.3) is 0 Å². The number of nitrogens with zero attached hydrogens (tertiary/aromatic N) is 4. The van der Waals surface area contributed by atoms with Gasteiger partial charge < -0.3 is 26.0 Å². The number of aliphatic hydroxyl groups is 1. The number of hydrogen-bond acceptors (Lipinski definition) is 11. The Morgan fingerprint density at radius 3 is 1.26 bits per heavy atom. The molecule has 286 valence electrons. The van der Waals surface area contributed by atoms with Crippen LogP contribution < -0.4 is 11.5 Å². The molecule has 0 saturated heterocycles. The number of carbonyl (C=O) groups is 4. The Kier molecular flexibility index (Phi) is 15.3. The zero-order valence-electron chi connectivity index (χ0n) is 31.1. The fraction of sp³-hybridized carbons (Fsp3) is 0.366. The summed E-state index contributed by atoms with van der Waals surface area (Å²) in [7, 11) is 0. The Bertz CT molecular complexity index is 1650. The minimum Gasteiger partial charge on any atom is -0.444 e. The van der Waals surface area contributed by atoms with E-state index in [0.29, 0.717) is 22.3 Å². The minimum absolute atomic E-state index is 0.0885. The van der Waals surface area contributed by atoms with Crippen LogP contribution in [0.15, 0.2) is 110 Å². The van der Waals surface area contributed by atoms with Crippen LogP contribution in [0.5, 0.6) is 0 Å².